The summed E-state index contributed by atoms with van der Waals surface area (Å²) in [5, 5.41) is 13.6. The van der Waals surface area contributed by atoms with E-state index in [2.05, 4.69) is 30.9 Å². The van der Waals surface area contributed by atoms with Gasteiger partial charge in [-0.25, -0.2) is 4.68 Å². The number of carbonyl (C=O) groups excluding carboxylic acids is 6. The number of para-hydroxylation sites is 1. The number of imide groups is 1. The Morgan fingerprint density at radius 3 is 1.82 bits per heavy atom. The van der Waals surface area contributed by atoms with E-state index in [4.69, 9.17) is 23.2 Å². The number of nitrogens with zero attached hydrogens (tertiary/aromatic N) is 7. The third kappa shape index (κ3) is 14.3. The molecule has 0 spiro atoms. The fourth-order valence-corrected chi connectivity index (χ4v) is 10.2. The van der Waals surface area contributed by atoms with Gasteiger partial charge in [-0.05, 0) is 79.9 Å². The number of anilines is 3. The van der Waals surface area contributed by atoms with Gasteiger partial charge < -0.3 is 30.2 Å². The minimum atomic E-state index is -0.509. The lowest BCUT2D eigenvalue weighted by Crippen LogP contribution is -2.50. The Hall–Kier alpha value is -6.78. The van der Waals surface area contributed by atoms with Crippen molar-refractivity contribution in [1.29, 1.82) is 0 Å². The molecule has 0 aliphatic carbocycles. The van der Waals surface area contributed by atoms with Crippen molar-refractivity contribution in [3.05, 3.63) is 118 Å². The van der Waals surface area contributed by atoms with E-state index in [1.54, 1.807) is 35.4 Å². The van der Waals surface area contributed by atoms with E-state index in [0.717, 1.165) is 69.4 Å². The van der Waals surface area contributed by atoms with Crippen molar-refractivity contribution in [1.82, 2.24) is 34.8 Å². The fraction of sp³-hybridized carbons (Fsp3) is 0.418. The molecular weight excluding hydrogens is 968 g/mol. The lowest BCUT2D eigenvalue weighted by molar-refractivity contribution is -0.134. The van der Waals surface area contributed by atoms with Crippen LogP contribution in [-0.2, 0) is 19.2 Å². The van der Waals surface area contributed by atoms with Crippen LogP contribution in [0.1, 0.15) is 111 Å². The molecule has 0 radical (unpaired) electrons. The summed E-state index contributed by atoms with van der Waals surface area (Å²) in [5.41, 5.74) is 4.06. The molecule has 3 fully saturated rings. The van der Waals surface area contributed by atoms with Crippen molar-refractivity contribution < 1.29 is 28.8 Å². The molecule has 0 bridgehead atoms. The number of amides is 6. The van der Waals surface area contributed by atoms with Crippen molar-refractivity contribution in [2.45, 2.75) is 95.9 Å². The SMILES string of the molecule is O=C1CCC(Nc2ccc(N3CCN(C(=O)CCCCCCCCCCCCC(=O)N4CCN(C(=O)c5cc(NC(=O)c6cc(-c7ccccn7)c(Cl)cc6Cl)n(-c6ccccc6)n5)CC4)CC3)cc2)C(=O)N1. The smallest absolute Gasteiger partial charge is 0.274 e. The summed E-state index contributed by atoms with van der Waals surface area (Å²) in [4.78, 5) is 89.4. The average Bonchev–Trinajstić information content (AvgIpc) is 3.83. The molecule has 3 aliphatic rings. The van der Waals surface area contributed by atoms with Gasteiger partial charge in [-0.15, -0.1) is 0 Å². The first-order valence-electron chi connectivity index (χ1n) is 25.7. The molecule has 3 aromatic carbocycles. The summed E-state index contributed by atoms with van der Waals surface area (Å²) in [5.74, 6) is -0.675. The van der Waals surface area contributed by atoms with Gasteiger partial charge in [0.15, 0.2) is 5.69 Å². The first kappa shape index (κ1) is 52.5. The van der Waals surface area contributed by atoms with Crippen LogP contribution in [0.15, 0.2) is 97.2 Å². The average molecular weight is 1030 g/mol. The predicted octanol–water partition coefficient (Wildman–Crippen LogP) is 9.02. The van der Waals surface area contributed by atoms with Crippen LogP contribution >= 0.6 is 23.2 Å². The highest BCUT2D eigenvalue weighted by Crippen LogP contribution is 2.33. The minimum absolute atomic E-state index is 0.114. The fourth-order valence-electron chi connectivity index (χ4n) is 9.58. The van der Waals surface area contributed by atoms with Crippen molar-refractivity contribution in [3.8, 4) is 16.9 Å². The number of halogens is 2. The Labute approximate surface area is 436 Å². The van der Waals surface area contributed by atoms with Gasteiger partial charge in [0.2, 0.25) is 23.6 Å². The zero-order valence-electron chi connectivity index (χ0n) is 41.2. The second-order valence-electron chi connectivity index (χ2n) is 18.9. The number of aromatic nitrogens is 3. The summed E-state index contributed by atoms with van der Waals surface area (Å²) in [6.45, 7) is 4.62. The molecule has 3 N–H and O–H groups in total. The molecule has 3 aliphatic heterocycles. The van der Waals surface area contributed by atoms with E-state index in [9.17, 15) is 28.8 Å². The molecule has 384 valence electrons. The van der Waals surface area contributed by atoms with Gasteiger partial charge >= 0.3 is 0 Å². The number of piperazine rings is 2. The monoisotopic (exact) mass is 1030 g/mol. The van der Waals surface area contributed by atoms with E-state index in [1.807, 2.05) is 70.5 Å². The Morgan fingerprint density at radius 1 is 0.630 bits per heavy atom. The van der Waals surface area contributed by atoms with Crippen LogP contribution in [0.5, 0.6) is 0 Å². The molecule has 73 heavy (non-hydrogen) atoms. The Kier molecular flexibility index (Phi) is 18.5. The minimum Gasteiger partial charge on any atom is -0.374 e. The van der Waals surface area contributed by atoms with Crippen LogP contribution in [-0.4, -0.2) is 123 Å². The number of rotatable bonds is 21. The van der Waals surface area contributed by atoms with Crippen molar-refractivity contribution >= 4 is 75.8 Å². The molecule has 5 heterocycles. The van der Waals surface area contributed by atoms with Crippen molar-refractivity contribution in [3.63, 3.8) is 0 Å². The van der Waals surface area contributed by atoms with E-state index < -0.39 is 11.9 Å². The number of pyridine rings is 1. The molecule has 1 unspecified atom stereocenters. The first-order valence-corrected chi connectivity index (χ1v) is 26.4. The molecule has 16 nitrogen and oxygen atoms in total. The van der Waals surface area contributed by atoms with Crippen molar-refractivity contribution in [2.75, 3.05) is 67.9 Å². The Bertz CT molecular complexity index is 2710. The first-order chi connectivity index (χ1) is 35.5. The van der Waals surface area contributed by atoms with Gasteiger partial charge in [-0.1, -0.05) is 98.8 Å². The molecule has 8 rings (SSSR count). The second-order valence-corrected chi connectivity index (χ2v) is 19.7. The molecule has 0 saturated carbocycles. The van der Waals surface area contributed by atoms with Gasteiger partial charge in [0.25, 0.3) is 11.8 Å². The summed E-state index contributed by atoms with van der Waals surface area (Å²) in [6, 6.07) is 26.9. The van der Waals surface area contributed by atoms with Crippen LogP contribution in [0, 0.1) is 0 Å². The summed E-state index contributed by atoms with van der Waals surface area (Å²) in [6.07, 6.45) is 14.3. The number of unbranched alkanes of at least 4 members (excludes halogenated alkanes) is 9. The van der Waals surface area contributed by atoms with Gasteiger partial charge in [0.05, 0.1) is 27.0 Å². The number of carbonyl (C=O) groups is 6. The highest BCUT2D eigenvalue weighted by atomic mass is 35.5. The van der Waals surface area contributed by atoms with Gasteiger partial charge in [0.1, 0.15) is 11.9 Å². The maximum Gasteiger partial charge on any atom is 0.274 e. The summed E-state index contributed by atoms with van der Waals surface area (Å²) in [7, 11) is 0. The molecule has 18 heteroatoms. The molecular formula is C55H64Cl2N10O6. The maximum atomic E-state index is 13.8. The molecule has 6 amide bonds. The van der Waals surface area contributed by atoms with Crippen LogP contribution in [0.25, 0.3) is 16.9 Å². The number of piperidine rings is 1. The highest BCUT2D eigenvalue weighted by Gasteiger charge is 2.29. The normalized spacial score (nSPS) is 16.1. The Balaban J connectivity index is 0.672. The van der Waals surface area contributed by atoms with Crippen LogP contribution in [0.2, 0.25) is 10.0 Å². The predicted molar refractivity (Wildman–Crippen MR) is 284 cm³/mol. The van der Waals surface area contributed by atoms with Crippen LogP contribution in [0.3, 0.4) is 0 Å². The number of hydrogen-bond acceptors (Lipinski definition) is 10. The van der Waals surface area contributed by atoms with E-state index in [-0.39, 0.29) is 51.6 Å². The van der Waals surface area contributed by atoms with E-state index in [1.165, 1.54) is 30.0 Å². The molecule has 5 aromatic rings. The highest BCUT2D eigenvalue weighted by molar-refractivity contribution is 6.38. The molecule has 1 atom stereocenters. The Morgan fingerprint density at radius 2 is 1.22 bits per heavy atom. The van der Waals surface area contributed by atoms with Crippen LogP contribution < -0.4 is 20.9 Å². The summed E-state index contributed by atoms with van der Waals surface area (Å²) >= 11 is 13.0. The second kappa shape index (κ2) is 25.7. The number of nitrogens with one attached hydrogen (secondary N) is 3. The molecule has 3 saturated heterocycles. The topological polar surface area (TPSA) is 182 Å². The van der Waals surface area contributed by atoms with Crippen molar-refractivity contribution in [2.24, 2.45) is 0 Å². The lowest BCUT2D eigenvalue weighted by Gasteiger charge is -2.36. The standard InChI is InChI=1S/C55H64Cl2N10O6/c56-44-37-45(57)43(36-42(44)46-18-14-15-27-58-46)53(71)60-49-38-48(62-67(49)41-16-10-9-11-17-41)55(73)66-34-32-65(33-35-66)52(70)20-13-8-6-4-2-1-3-5-7-12-19-51(69)64-30-28-63(29-31-64)40-23-21-39(22-24-40)59-47-25-26-50(68)61-54(47)72/h9-11,14-18,21-24,27,36-38,47,59H,1-8,12-13,19-20,25-26,28-35H2,(H,60,71)(H,61,68,72). The van der Waals surface area contributed by atoms with Crippen LogP contribution in [0.4, 0.5) is 17.2 Å². The maximum absolute atomic E-state index is 13.8. The van der Waals surface area contributed by atoms with E-state index >= 15 is 0 Å². The number of hydrogen-bond donors (Lipinski definition) is 3. The largest absolute Gasteiger partial charge is 0.374 e. The third-order valence-electron chi connectivity index (χ3n) is 13.8. The summed E-state index contributed by atoms with van der Waals surface area (Å²) < 4.78 is 1.52. The third-order valence-corrected chi connectivity index (χ3v) is 14.4. The van der Waals surface area contributed by atoms with E-state index in [0.29, 0.717) is 86.9 Å². The number of benzene rings is 3. The molecule has 2 aromatic heterocycles. The zero-order chi connectivity index (χ0) is 51.1. The van der Waals surface area contributed by atoms with Gasteiger partial charge in [0, 0.05) is 101 Å². The lowest BCUT2D eigenvalue weighted by atomic mass is 10.0. The zero-order valence-corrected chi connectivity index (χ0v) is 42.7. The van der Waals surface area contributed by atoms with Gasteiger partial charge in [-0.2, -0.15) is 5.10 Å². The quantitative estimate of drug-likeness (QED) is 0.0474. The van der Waals surface area contributed by atoms with Gasteiger partial charge in [-0.3, -0.25) is 39.1 Å².